The Labute approximate surface area is 111 Å². The molecule has 0 spiro atoms. The zero-order valence-corrected chi connectivity index (χ0v) is 11.4. The predicted molar refractivity (Wildman–Crippen MR) is 69.3 cm³/mol. The topological polar surface area (TPSA) is 74.7 Å². The lowest BCUT2D eigenvalue weighted by atomic mass is 10.1. The molecule has 1 unspecified atom stereocenters. The van der Waals surface area contributed by atoms with E-state index in [1.165, 1.54) is 18.7 Å². The van der Waals surface area contributed by atoms with Crippen LogP contribution in [0.4, 0.5) is 0 Å². The molecule has 1 N–H and O–H groups in total. The van der Waals surface area contributed by atoms with E-state index in [1.54, 1.807) is 4.90 Å². The van der Waals surface area contributed by atoms with Gasteiger partial charge in [0.2, 0.25) is 5.91 Å². The molecule has 5 nitrogen and oxygen atoms in total. The number of amides is 1. The molecule has 1 heterocycles. The van der Waals surface area contributed by atoms with Crippen LogP contribution in [0.2, 0.25) is 0 Å². The van der Waals surface area contributed by atoms with Crippen molar-refractivity contribution in [1.29, 1.82) is 0 Å². The van der Waals surface area contributed by atoms with Crippen molar-refractivity contribution in [2.45, 2.75) is 32.6 Å². The van der Waals surface area contributed by atoms with Gasteiger partial charge in [-0.05, 0) is 18.8 Å². The van der Waals surface area contributed by atoms with Crippen molar-refractivity contribution in [2.75, 3.05) is 18.8 Å². The Kier molecular flexibility index (Phi) is 6.18. The second-order valence-corrected chi connectivity index (χ2v) is 5.76. The van der Waals surface area contributed by atoms with Gasteiger partial charge in [-0.2, -0.15) is 0 Å². The van der Waals surface area contributed by atoms with Gasteiger partial charge >= 0.3 is 5.97 Å². The monoisotopic (exact) mass is 273 g/mol. The molecule has 1 amide bonds. The number of carbonyl (C=O) groups is 3. The maximum Gasteiger partial charge on any atom is 0.303 e. The molecular weight excluding hydrogens is 254 g/mol. The van der Waals surface area contributed by atoms with Crippen LogP contribution in [-0.2, 0) is 14.4 Å². The van der Waals surface area contributed by atoms with Gasteiger partial charge in [-0.25, -0.2) is 0 Å². The quantitative estimate of drug-likeness (QED) is 0.709. The molecule has 18 heavy (non-hydrogen) atoms. The smallest absolute Gasteiger partial charge is 0.303 e. The summed E-state index contributed by atoms with van der Waals surface area (Å²) in [6.07, 6.45) is 2.00. The van der Waals surface area contributed by atoms with Gasteiger partial charge in [0.05, 0.1) is 0 Å². The first-order chi connectivity index (χ1) is 8.49. The largest absolute Gasteiger partial charge is 0.481 e. The number of carboxylic acid groups (broad SMARTS) is 1. The predicted octanol–water partition coefficient (Wildman–Crippen LogP) is 1.37. The summed E-state index contributed by atoms with van der Waals surface area (Å²) >= 11 is 1.27. The summed E-state index contributed by atoms with van der Waals surface area (Å²) in [4.78, 5) is 34.7. The van der Waals surface area contributed by atoms with E-state index in [2.05, 4.69) is 0 Å². The third-order valence-corrected chi connectivity index (χ3v) is 3.93. The Hall–Kier alpha value is -1.04. The van der Waals surface area contributed by atoms with Gasteiger partial charge in [-0.3, -0.25) is 14.4 Å². The second-order valence-electron chi connectivity index (χ2n) is 4.56. The standard InChI is InChI=1S/C12H19NO4S/c1-9(14)18-8-10-6-11(15)13(7-10)5-3-2-4-12(16)17/h10H,2-8H2,1H3,(H,16,17). The number of hydrogen-bond acceptors (Lipinski definition) is 4. The van der Waals surface area contributed by atoms with Crippen LogP contribution >= 0.6 is 11.8 Å². The SMILES string of the molecule is CC(=O)SCC1CC(=O)N(CCCCC(=O)O)C1. The van der Waals surface area contributed by atoms with E-state index in [4.69, 9.17) is 5.11 Å². The maximum absolute atomic E-state index is 11.7. The minimum atomic E-state index is -0.793. The first-order valence-corrected chi connectivity index (χ1v) is 7.10. The Morgan fingerprint density at radius 2 is 2.17 bits per heavy atom. The number of hydrogen-bond donors (Lipinski definition) is 1. The lowest BCUT2D eigenvalue weighted by molar-refractivity contribution is -0.137. The van der Waals surface area contributed by atoms with Crippen molar-refractivity contribution in [3.8, 4) is 0 Å². The fraction of sp³-hybridized carbons (Fsp3) is 0.750. The summed E-state index contributed by atoms with van der Waals surface area (Å²) < 4.78 is 0. The third kappa shape index (κ3) is 5.53. The molecule has 1 rings (SSSR count). The number of nitrogens with zero attached hydrogens (tertiary/aromatic N) is 1. The molecule has 102 valence electrons. The molecule has 6 heteroatoms. The highest BCUT2D eigenvalue weighted by atomic mass is 32.2. The fourth-order valence-electron chi connectivity index (χ4n) is 2.00. The molecule has 0 radical (unpaired) electrons. The highest BCUT2D eigenvalue weighted by Crippen LogP contribution is 2.22. The molecule has 1 saturated heterocycles. The van der Waals surface area contributed by atoms with E-state index in [1.807, 2.05) is 0 Å². The summed E-state index contributed by atoms with van der Waals surface area (Å²) in [5, 5.41) is 8.59. The molecular formula is C12H19NO4S. The Balaban J connectivity index is 2.20. The Morgan fingerprint density at radius 3 is 2.78 bits per heavy atom. The summed E-state index contributed by atoms with van der Waals surface area (Å²) in [7, 11) is 0. The average molecular weight is 273 g/mol. The van der Waals surface area contributed by atoms with Gasteiger partial charge in [-0.15, -0.1) is 0 Å². The van der Waals surface area contributed by atoms with Crippen LogP contribution in [0.25, 0.3) is 0 Å². The van der Waals surface area contributed by atoms with Gasteiger partial charge in [0.1, 0.15) is 0 Å². The van der Waals surface area contributed by atoms with Gasteiger partial charge in [0.25, 0.3) is 0 Å². The molecule has 1 fully saturated rings. The molecule has 0 bridgehead atoms. The van der Waals surface area contributed by atoms with E-state index in [0.717, 1.165) is 6.42 Å². The minimum Gasteiger partial charge on any atom is -0.481 e. The number of aliphatic carboxylic acids is 1. The highest BCUT2D eigenvalue weighted by molar-refractivity contribution is 8.13. The van der Waals surface area contributed by atoms with Crippen LogP contribution in [0, 0.1) is 5.92 Å². The van der Waals surface area contributed by atoms with Crippen molar-refractivity contribution < 1.29 is 19.5 Å². The van der Waals surface area contributed by atoms with E-state index >= 15 is 0 Å². The van der Waals surface area contributed by atoms with Crippen molar-refractivity contribution in [3.63, 3.8) is 0 Å². The first-order valence-electron chi connectivity index (χ1n) is 6.12. The number of likely N-dealkylation sites (tertiary alicyclic amines) is 1. The number of rotatable bonds is 7. The zero-order valence-electron chi connectivity index (χ0n) is 10.6. The first kappa shape index (κ1) is 15.0. The minimum absolute atomic E-state index is 0.0855. The number of carbonyl (C=O) groups excluding carboxylic acids is 2. The molecule has 0 aromatic carbocycles. The molecule has 1 atom stereocenters. The summed E-state index contributed by atoms with van der Waals surface area (Å²) in [6, 6.07) is 0. The average Bonchev–Trinajstić information content (AvgIpc) is 2.63. The molecule has 0 saturated carbocycles. The van der Waals surface area contributed by atoms with Crippen molar-refractivity contribution >= 4 is 28.8 Å². The third-order valence-electron chi connectivity index (χ3n) is 2.89. The van der Waals surface area contributed by atoms with E-state index in [-0.39, 0.29) is 23.4 Å². The van der Waals surface area contributed by atoms with Gasteiger partial charge in [0.15, 0.2) is 5.12 Å². The lowest BCUT2D eigenvalue weighted by Crippen LogP contribution is -2.26. The molecule has 0 aromatic heterocycles. The fourth-order valence-corrected chi connectivity index (χ4v) is 2.69. The zero-order chi connectivity index (χ0) is 13.5. The second kappa shape index (κ2) is 7.41. The summed E-state index contributed by atoms with van der Waals surface area (Å²) in [5.74, 6) is 0.288. The number of unbranched alkanes of at least 4 members (excludes halogenated alkanes) is 1. The van der Waals surface area contributed by atoms with E-state index in [0.29, 0.717) is 31.7 Å². The van der Waals surface area contributed by atoms with E-state index < -0.39 is 5.97 Å². The van der Waals surface area contributed by atoms with Gasteiger partial charge < -0.3 is 10.0 Å². The molecule has 0 aromatic rings. The van der Waals surface area contributed by atoms with Crippen molar-refractivity contribution in [3.05, 3.63) is 0 Å². The van der Waals surface area contributed by atoms with E-state index in [9.17, 15) is 14.4 Å². The maximum atomic E-state index is 11.7. The highest BCUT2D eigenvalue weighted by Gasteiger charge is 2.29. The number of thioether (sulfide) groups is 1. The van der Waals surface area contributed by atoms with Gasteiger partial charge in [-0.1, -0.05) is 11.8 Å². The van der Waals surface area contributed by atoms with Crippen molar-refractivity contribution in [1.82, 2.24) is 4.90 Å². The molecule has 1 aliphatic rings. The summed E-state index contributed by atoms with van der Waals surface area (Å²) in [5.41, 5.74) is 0. The summed E-state index contributed by atoms with van der Waals surface area (Å²) in [6.45, 7) is 2.87. The normalized spacial score (nSPS) is 19.3. The Bertz CT molecular complexity index is 332. The lowest BCUT2D eigenvalue weighted by Gasteiger charge is -2.15. The van der Waals surface area contributed by atoms with Gasteiger partial charge in [0, 0.05) is 38.6 Å². The molecule has 0 aliphatic carbocycles. The Morgan fingerprint density at radius 1 is 1.44 bits per heavy atom. The number of carboxylic acids is 1. The van der Waals surface area contributed by atoms with Crippen LogP contribution in [0.5, 0.6) is 0 Å². The van der Waals surface area contributed by atoms with Crippen LogP contribution in [-0.4, -0.2) is 45.8 Å². The van der Waals surface area contributed by atoms with Crippen LogP contribution in [0.15, 0.2) is 0 Å². The van der Waals surface area contributed by atoms with Crippen LogP contribution in [0.3, 0.4) is 0 Å². The molecule has 1 aliphatic heterocycles. The van der Waals surface area contributed by atoms with Crippen LogP contribution < -0.4 is 0 Å². The van der Waals surface area contributed by atoms with Crippen LogP contribution in [0.1, 0.15) is 32.6 Å². The van der Waals surface area contributed by atoms with Crippen molar-refractivity contribution in [2.24, 2.45) is 5.92 Å².